The van der Waals surface area contributed by atoms with E-state index < -0.39 is 69.9 Å². The van der Waals surface area contributed by atoms with Crippen molar-refractivity contribution >= 4 is 16.0 Å². The summed E-state index contributed by atoms with van der Waals surface area (Å²) < 4.78 is 83.5. The van der Waals surface area contributed by atoms with Gasteiger partial charge in [-0.1, -0.05) is 20.8 Å². The van der Waals surface area contributed by atoms with Crippen LogP contribution in [0, 0.1) is 46.3 Å². The van der Waals surface area contributed by atoms with E-state index >= 15 is 0 Å². The van der Waals surface area contributed by atoms with Crippen LogP contribution < -0.4 is 5.32 Å². The minimum atomic E-state index is -4.17. The second kappa shape index (κ2) is 9.64. The standard InChI is InChI=1S/C26H45NO6S/c1-16(4-9-24(30)27-12-13-34(31,32)33)20-7-8-21-19-6-5-17-14-18(28)10-11-25(17,2)22(19)15-23(29)26(20,21)3/h16-23,28-29H,4-15H2,1-3H3,(H,27,30)(H,31,32,33)/t16-,17-,18-,19+,20-,21+,22+,23+,25+,26-/m1/s1/i10D2,14D2,15D2. The number of hydrogen-bond acceptors (Lipinski definition) is 5. The molecule has 0 unspecified atom stereocenters. The molecule has 0 saturated heterocycles. The summed E-state index contributed by atoms with van der Waals surface area (Å²) in [7, 11) is -4.17. The summed E-state index contributed by atoms with van der Waals surface area (Å²) in [6.45, 7) is 5.50. The predicted molar refractivity (Wildman–Crippen MR) is 130 cm³/mol. The monoisotopic (exact) mass is 505 g/mol. The van der Waals surface area contributed by atoms with Gasteiger partial charge < -0.3 is 15.5 Å². The molecule has 0 aromatic heterocycles. The Balaban J connectivity index is 1.56. The van der Waals surface area contributed by atoms with Gasteiger partial charge in [0.15, 0.2) is 0 Å². The molecule has 4 N–H and O–H groups in total. The molecule has 10 atom stereocenters. The molecule has 8 heteroatoms. The van der Waals surface area contributed by atoms with Crippen molar-refractivity contribution in [2.75, 3.05) is 12.3 Å². The Morgan fingerprint density at radius 2 is 1.88 bits per heavy atom. The fraction of sp³-hybridized carbons (Fsp3) is 0.962. The second-order valence-corrected chi connectivity index (χ2v) is 13.2. The average Bonchev–Trinajstić information content (AvgIpc) is 3.16. The van der Waals surface area contributed by atoms with Gasteiger partial charge in [0, 0.05) is 21.2 Å². The minimum Gasteiger partial charge on any atom is -0.393 e. The van der Waals surface area contributed by atoms with Gasteiger partial charge in [-0.3, -0.25) is 9.35 Å². The lowest BCUT2D eigenvalue weighted by molar-refractivity contribution is -0.174. The van der Waals surface area contributed by atoms with Crippen LogP contribution in [0.25, 0.3) is 0 Å². The lowest BCUT2D eigenvalue weighted by atomic mass is 9.43. The molecule has 4 aliphatic carbocycles. The van der Waals surface area contributed by atoms with Crippen molar-refractivity contribution in [2.24, 2.45) is 46.3 Å². The van der Waals surface area contributed by atoms with Crippen LogP contribution in [0.15, 0.2) is 0 Å². The van der Waals surface area contributed by atoms with E-state index in [-0.39, 0.29) is 49.0 Å². The third-order valence-electron chi connectivity index (χ3n) is 9.78. The first-order valence-corrected chi connectivity index (χ1v) is 14.3. The zero-order valence-electron chi connectivity index (χ0n) is 26.5. The SMILES string of the molecule is [2H]C1([2H])C[C@@]2(C)[C@H](CC[C@@H]3[C@@H]2C([2H])([2H])[C@H](O)[C@]2(C)[C@@H]([C@H](C)CCC(=O)NCCS(=O)(=O)O)CC[C@@H]32)C([2H])([2H])[C@@H]1O. The number of fused-ring (bicyclic) bond motifs is 5. The Kier molecular flexibility index (Phi) is 5.50. The fourth-order valence-corrected chi connectivity index (χ4v) is 8.29. The smallest absolute Gasteiger partial charge is 0.266 e. The van der Waals surface area contributed by atoms with Crippen LogP contribution >= 0.6 is 0 Å². The Morgan fingerprint density at radius 1 is 1.15 bits per heavy atom. The number of hydrogen-bond donors (Lipinski definition) is 4. The molecule has 0 aromatic carbocycles. The summed E-state index contributed by atoms with van der Waals surface area (Å²) in [5.74, 6) is -2.75. The number of rotatable bonds is 7. The van der Waals surface area contributed by atoms with Crippen LogP contribution in [0.1, 0.15) is 93.1 Å². The molecular weight excluding hydrogens is 454 g/mol. The maximum Gasteiger partial charge on any atom is 0.266 e. The molecular formula is C26H45NO6S. The molecule has 4 rings (SSSR count). The maximum absolute atomic E-state index is 12.3. The lowest BCUT2D eigenvalue weighted by Crippen LogP contribution is -2.58. The van der Waals surface area contributed by atoms with Crippen LogP contribution in [-0.2, 0) is 14.9 Å². The number of aliphatic hydroxyl groups is 2. The predicted octanol–water partition coefficient (Wildman–Crippen LogP) is 3.40. The second-order valence-electron chi connectivity index (χ2n) is 11.6. The molecule has 0 aromatic rings. The number of aliphatic hydroxyl groups excluding tert-OH is 2. The molecule has 0 heterocycles. The van der Waals surface area contributed by atoms with E-state index in [2.05, 4.69) is 5.32 Å². The molecule has 4 fully saturated rings. The van der Waals surface area contributed by atoms with Gasteiger partial charge in [0.2, 0.25) is 5.91 Å². The van der Waals surface area contributed by atoms with Gasteiger partial charge >= 0.3 is 0 Å². The van der Waals surface area contributed by atoms with Gasteiger partial charge in [-0.25, -0.2) is 0 Å². The van der Waals surface area contributed by atoms with E-state index in [0.29, 0.717) is 19.3 Å². The molecule has 0 radical (unpaired) electrons. The first-order chi connectivity index (χ1) is 18.1. The van der Waals surface area contributed by atoms with Gasteiger partial charge in [-0.2, -0.15) is 8.42 Å². The van der Waals surface area contributed by atoms with E-state index in [4.69, 9.17) is 10.0 Å². The molecule has 34 heavy (non-hydrogen) atoms. The van der Waals surface area contributed by atoms with Crippen molar-refractivity contribution in [3.8, 4) is 0 Å². The van der Waals surface area contributed by atoms with Crippen LogP contribution in [0.2, 0.25) is 0 Å². The molecule has 7 nitrogen and oxygen atoms in total. The van der Waals surface area contributed by atoms with Crippen LogP contribution in [-0.4, -0.2) is 53.6 Å². The Morgan fingerprint density at radius 3 is 2.59 bits per heavy atom. The summed E-state index contributed by atoms with van der Waals surface area (Å²) in [5.41, 5.74) is -1.88. The van der Waals surface area contributed by atoms with Crippen molar-refractivity contribution < 1.29 is 36.2 Å². The maximum atomic E-state index is 12.3. The van der Waals surface area contributed by atoms with Gasteiger partial charge in [0.25, 0.3) is 10.1 Å². The van der Waals surface area contributed by atoms with Gasteiger partial charge in [-0.15, -0.1) is 0 Å². The van der Waals surface area contributed by atoms with Crippen LogP contribution in [0.3, 0.4) is 0 Å². The summed E-state index contributed by atoms with van der Waals surface area (Å²) in [6, 6.07) is 0. The molecule has 1 amide bonds. The first-order valence-electron chi connectivity index (χ1n) is 15.7. The highest BCUT2D eigenvalue weighted by Gasteiger charge is 2.63. The topological polar surface area (TPSA) is 124 Å². The Labute approximate surface area is 213 Å². The fourth-order valence-electron chi connectivity index (χ4n) is 7.93. The summed E-state index contributed by atoms with van der Waals surface area (Å²) in [4.78, 5) is 12.3. The van der Waals surface area contributed by atoms with E-state index in [0.717, 1.165) is 12.8 Å². The minimum absolute atomic E-state index is 0.0376. The summed E-state index contributed by atoms with van der Waals surface area (Å²) in [5, 5.41) is 24.9. The molecule has 0 aliphatic heterocycles. The average molecular weight is 506 g/mol. The summed E-state index contributed by atoms with van der Waals surface area (Å²) >= 11 is 0. The van der Waals surface area contributed by atoms with Crippen molar-refractivity contribution in [3.05, 3.63) is 0 Å². The zero-order valence-corrected chi connectivity index (χ0v) is 21.3. The zero-order chi connectivity index (χ0) is 30.3. The normalized spacial score (nSPS) is 52.1. The van der Waals surface area contributed by atoms with Crippen LogP contribution in [0.5, 0.6) is 0 Å². The quantitative estimate of drug-likeness (QED) is 0.393. The number of nitrogens with one attached hydrogen (secondary N) is 1. The van der Waals surface area contributed by atoms with Crippen LogP contribution in [0.4, 0.5) is 0 Å². The Bertz CT molecular complexity index is 1110. The first kappa shape index (κ1) is 19.4. The third-order valence-corrected chi connectivity index (χ3v) is 10.5. The Hall–Kier alpha value is -0.700. The molecule has 196 valence electrons. The third kappa shape index (κ3) is 4.81. The molecule has 0 bridgehead atoms. The highest BCUT2D eigenvalue weighted by Crippen LogP contribution is 2.68. The van der Waals surface area contributed by atoms with E-state index in [9.17, 15) is 26.2 Å². The van der Waals surface area contributed by atoms with E-state index in [1.54, 1.807) is 6.92 Å². The van der Waals surface area contributed by atoms with Gasteiger partial charge in [-0.05, 0) is 104 Å². The number of carbonyl (C=O) groups is 1. The van der Waals surface area contributed by atoms with Crippen molar-refractivity contribution in [3.63, 3.8) is 0 Å². The van der Waals surface area contributed by atoms with Crippen molar-refractivity contribution in [2.45, 2.75) is 97.0 Å². The highest BCUT2D eigenvalue weighted by atomic mass is 32.2. The largest absolute Gasteiger partial charge is 0.393 e. The van der Waals surface area contributed by atoms with Gasteiger partial charge in [0.1, 0.15) is 0 Å². The lowest BCUT2D eigenvalue weighted by Gasteiger charge is -2.62. The highest BCUT2D eigenvalue weighted by molar-refractivity contribution is 7.85. The van der Waals surface area contributed by atoms with E-state index in [1.807, 2.05) is 13.8 Å². The molecule has 4 aliphatic rings. The molecule has 4 saturated carbocycles. The summed E-state index contributed by atoms with van der Waals surface area (Å²) in [6.07, 6.45) is -6.87. The number of amides is 1. The number of carbonyl (C=O) groups excluding carboxylic acids is 1. The van der Waals surface area contributed by atoms with Crippen molar-refractivity contribution in [1.82, 2.24) is 5.32 Å². The molecule has 0 spiro atoms. The van der Waals surface area contributed by atoms with Gasteiger partial charge in [0.05, 0.1) is 18.0 Å². The van der Waals surface area contributed by atoms with Crippen molar-refractivity contribution in [1.29, 1.82) is 0 Å². The van der Waals surface area contributed by atoms with E-state index in [1.165, 1.54) is 0 Å².